The van der Waals surface area contributed by atoms with Gasteiger partial charge in [0, 0.05) is 0 Å². The average Bonchev–Trinajstić information content (AvgIpc) is 1.67. The smallest absolute Gasteiger partial charge is 0.124 e. The van der Waals surface area contributed by atoms with Crippen molar-refractivity contribution >= 4 is 0 Å². The second-order valence-electron chi connectivity index (χ2n) is 1.60. The predicted octanol–water partition coefficient (Wildman–Crippen LogP) is 0.396. The SMILES string of the molecule is C=CCC(=C)C(N)O. The number of aliphatic hydroxyl groups excluding tert-OH is 1. The molecule has 0 saturated carbocycles. The third-order valence-corrected chi connectivity index (χ3v) is 0.825. The van der Waals surface area contributed by atoms with Gasteiger partial charge in [0.15, 0.2) is 0 Å². The largest absolute Gasteiger partial charge is 0.375 e. The Kier molecular flexibility index (Phi) is 3.15. The first-order valence-corrected chi connectivity index (χ1v) is 2.40. The van der Waals surface area contributed by atoms with Gasteiger partial charge >= 0.3 is 0 Å². The van der Waals surface area contributed by atoms with E-state index in [-0.39, 0.29) is 0 Å². The van der Waals surface area contributed by atoms with Crippen molar-refractivity contribution in [2.75, 3.05) is 0 Å². The third kappa shape index (κ3) is 2.55. The van der Waals surface area contributed by atoms with Gasteiger partial charge in [0.25, 0.3) is 0 Å². The monoisotopic (exact) mass is 113 g/mol. The number of hydrogen-bond acceptors (Lipinski definition) is 2. The van der Waals surface area contributed by atoms with Gasteiger partial charge in [-0.3, -0.25) is 0 Å². The molecule has 1 atom stereocenters. The van der Waals surface area contributed by atoms with Gasteiger partial charge in [0.05, 0.1) is 0 Å². The van der Waals surface area contributed by atoms with Crippen LogP contribution in [-0.2, 0) is 0 Å². The van der Waals surface area contributed by atoms with Crippen molar-refractivity contribution in [3.63, 3.8) is 0 Å². The van der Waals surface area contributed by atoms with E-state index in [1.807, 2.05) is 0 Å². The molecule has 2 heteroatoms. The van der Waals surface area contributed by atoms with Crippen LogP contribution in [0.15, 0.2) is 24.8 Å². The Morgan fingerprint density at radius 1 is 1.88 bits per heavy atom. The molecule has 0 amide bonds. The van der Waals surface area contributed by atoms with E-state index >= 15 is 0 Å². The summed E-state index contributed by atoms with van der Waals surface area (Å²) < 4.78 is 0. The van der Waals surface area contributed by atoms with Crippen LogP contribution >= 0.6 is 0 Å². The minimum absolute atomic E-state index is 0.581. The zero-order valence-electron chi connectivity index (χ0n) is 4.80. The summed E-state index contributed by atoms with van der Waals surface area (Å²) in [5.74, 6) is 0. The number of rotatable bonds is 3. The van der Waals surface area contributed by atoms with Crippen molar-refractivity contribution in [1.82, 2.24) is 0 Å². The van der Waals surface area contributed by atoms with E-state index in [1.165, 1.54) is 0 Å². The molecule has 0 aromatic carbocycles. The zero-order valence-corrected chi connectivity index (χ0v) is 4.80. The fraction of sp³-hybridized carbons (Fsp3) is 0.333. The van der Waals surface area contributed by atoms with Gasteiger partial charge in [-0.1, -0.05) is 12.7 Å². The molecule has 0 aliphatic rings. The summed E-state index contributed by atoms with van der Waals surface area (Å²) in [6.45, 7) is 6.95. The summed E-state index contributed by atoms with van der Waals surface area (Å²) in [7, 11) is 0. The van der Waals surface area contributed by atoms with Crippen LogP contribution < -0.4 is 5.73 Å². The van der Waals surface area contributed by atoms with Gasteiger partial charge in [0.2, 0.25) is 0 Å². The van der Waals surface area contributed by atoms with Crippen LogP contribution in [0.25, 0.3) is 0 Å². The summed E-state index contributed by atoms with van der Waals surface area (Å²) in [4.78, 5) is 0. The first kappa shape index (κ1) is 7.40. The third-order valence-electron chi connectivity index (χ3n) is 0.825. The van der Waals surface area contributed by atoms with Crippen LogP contribution in [0.3, 0.4) is 0 Å². The fourth-order valence-electron chi connectivity index (χ4n) is 0.306. The van der Waals surface area contributed by atoms with Gasteiger partial charge in [0.1, 0.15) is 6.23 Å². The maximum atomic E-state index is 8.58. The van der Waals surface area contributed by atoms with Crippen LogP contribution in [0, 0.1) is 0 Å². The molecule has 0 saturated heterocycles. The molecule has 0 aromatic heterocycles. The second-order valence-corrected chi connectivity index (χ2v) is 1.60. The molecule has 1 unspecified atom stereocenters. The van der Waals surface area contributed by atoms with Crippen LogP contribution in [-0.4, -0.2) is 11.3 Å². The number of aliphatic hydroxyl groups is 1. The Hall–Kier alpha value is -0.600. The number of hydrogen-bond donors (Lipinski definition) is 2. The molecule has 0 aliphatic carbocycles. The zero-order chi connectivity index (χ0) is 6.57. The minimum atomic E-state index is -0.895. The predicted molar refractivity (Wildman–Crippen MR) is 34.1 cm³/mol. The van der Waals surface area contributed by atoms with Gasteiger partial charge in [-0.25, -0.2) is 0 Å². The lowest BCUT2D eigenvalue weighted by molar-refractivity contribution is 0.217. The van der Waals surface area contributed by atoms with Gasteiger partial charge in [-0.05, 0) is 12.0 Å². The molecule has 0 fully saturated rings. The molecule has 2 nitrogen and oxygen atoms in total. The quantitative estimate of drug-likeness (QED) is 0.411. The highest BCUT2D eigenvalue weighted by Gasteiger charge is 1.96. The Bertz CT molecular complexity index is 96.7. The summed E-state index contributed by atoms with van der Waals surface area (Å²) in [5.41, 5.74) is 5.63. The van der Waals surface area contributed by atoms with Crippen molar-refractivity contribution in [1.29, 1.82) is 0 Å². The molecule has 0 bridgehead atoms. The lowest BCUT2D eigenvalue weighted by Crippen LogP contribution is -2.20. The maximum absolute atomic E-state index is 8.58. The van der Waals surface area contributed by atoms with E-state index in [1.54, 1.807) is 6.08 Å². The van der Waals surface area contributed by atoms with Gasteiger partial charge in [-0.15, -0.1) is 6.58 Å². The molecular weight excluding hydrogens is 102 g/mol. The highest BCUT2D eigenvalue weighted by molar-refractivity contribution is 5.03. The highest BCUT2D eigenvalue weighted by Crippen LogP contribution is 1.98. The van der Waals surface area contributed by atoms with E-state index in [2.05, 4.69) is 13.2 Å². The summed E-state index contributed by atoms with van der Waals surface area (Å²) in [5, 5.41) is 8.58. The van der Waals surface area contributed by atoms with E-state index < -0.39 is 6.23 Å². The van der Waals surface area contributed by atoms with E-state index in [0.717, 1.165) is 0 Å². The van der Waals surface area contributed by atoms with Crippen LogP contribution in [0.2, 0.25) is 0 Å². The second kappa shape index (κ2) is 3.41. The van der Waals surface area contributed by atoms with E-state index in [9.17, 15) is 0 Å². The minimum Gasteiger partial charge on any atom is -0.375 e. The molecule has 0 rings (SSSR count). The molecule has 46 valence electrons. The summed E-state index contributed by atoms with van der Waals surface area (Å²) in [6, 6.07) is 0. The fourth-order valence-corrected chi connectivity index (χ4v) is 0.306. The Morgan fingerprint density at radius 2 is 2.38 bits per heavy atom. The molecule has 0 radical (unpaired) electrons. The molecule has 0 aliphatic heterocycles. The topological polar surface area (TPSA) is 46.2 Å². The van der Waals surface area contributed by atoms with Gasteiger partial charge in [-0.2, -0.15) is 0 Å². The standard InChI is InChI=1S/C6H11NO/c1-3-4-5(2)6(7)8/h3,6,8H,1-2,4,7H2. The molecule has 0 spiro atoms. The molecular formula is C6H11NO. The summed E-state index contributed by atoms with van der Waals surface area (Å²) >= 11 is 0. The van der Waals surface area contributed by atoms with E-state index in [0.29, 0.717) is 12.0 Å². The van der Waals surface area contributed by atoms with Crippen molar-refractivity contribution in [3.05, 3.63) is 24.8 Å². The Labute approximate surface area is 49.3 Å². The van der Waals surface area contributed by atoms with Crippen molar-refractivity contribution < 1.29 is 5.11 Å². The lowest BCUT2D eigenvalue weighted by atomic mass is 10.2. The Morgan fingerprint density at radius 3 is 2.50 bits per heavy atom. The number of allylic oxidation sites excluding steroid dienone is 1. The van der Waals surface area contributed by atoms with Crippen molar-refractivity contribution in [3.8, 4) is 0 Å². The van der Waals surface area contributed by atoms with Gasteiger partial charge < -0.3 is 10.8 Å². The van der Waals surface area contributed by atoms with Crippen molar-refractivity contribution in [2.24, 2.45) is 5.73 Å². The molecule has 8 heavy (non-hydrogen) atoms. The molecule has 0 aromatic rings. The summed E-state index contributed by atoms with van der Waals surface area (Å²) in [6.07, 6.45) is 1.34. The lowest BCUT2D eigenvalue weighted by Gasteiger charge is -2.03. The van der Waals surface area contributed by atoms with Crippen LogP contribution in [0.4, 0.5) is 0 Å². The first-order chi connectivity index (χ1) is 3.68. The highest BCUT2D eigenvalue weighted by atomic mass is 16.3. The maximum Gasteiger partial charge on any atom is 0.124 e. The molecule has 3 N–H and O–H groups in total. The van der Waals surface area contributed by atoms with Crippen LogP contribution in [0.5, 0.6) is 0 Å². The van der Waals surface area contributed by atoms with Crippen molar-refractivity contribution in [2.45, 2.75) is 12.6 Å². The average molecular weight is 113 g/mol. The normalized spacial score (nSPS) is 12.8. The van der Waals surface area contributed by atoms with Crippen LogP contribution in [0.1, 0.15) is 6.42 Å². The Balaban J connectivity index is 3.48. The number of nitrogens with two attached hydrogens (primary N) is 1. The van der Waals surface area contributed by atoms with E-state index in [4.69, 9.17) is 10.8 Å². The first-order valence-electron chi connectivity index (χ1n) is 2.40. The molecule has 0 heterocycles.